The largest absolute Gasteiger partial charge is 0.496 e. The van der Waals surface area contributed by atoms with Crippen LogP contribution in [-0.2, 0) is 6.42 Å². The maximum Gasteiger partial charge on any atom is 0.275 e. The molecule has 0 atom stereocenters. The molecule has 3 rings (SSSR count). The lowest BCUT2D eigenvalue weighted by atomic mass is 10.1. The van der Waals surface area contributed by atoms with Crippen molar-refractivity contribution in [1.82, 2.24) is 9.97 Å². The first-order chi connectivity index (χ1) is 14.1. The second-order valence-electron chi connectivity index (χ2n) is 6.43. The number of ether oxygens (including phenoxy) is 2. The van der Waals surface area contributed by atoms with Gasteiger partial charge in [0, 0.05) is 6.54 Å². The summed E-state index contributed by atoms with van der Waals surface area (Å²) in [6.45, 7) is 2.61. The fourth-order valence-electron chi connectivity index (χ4n) is 2.88. The third-order valence-electron chi connectivity index (χ3n) is 4.38. The van der Waals surface area contributed by atoms with Gasteiger partial charge in [0.2, 0.25) is 0 Å². The van der Waals surface area contributed by atoms with Crippen molar-refractivity contribution in [3.8, 4) is 11.5 Å². The number of anilines is 2. The number of aryl methyl sites for hydroxylation is 1. The maximum atomic E-state index is 12.5. The summed E-state index contributed by atoms with van der Waals surface area (Å²) >= 11 is 0. The van der Waals surface area contributed by atoms with Crippen molar-refractivity contribution in [1.29, 1.82) is 0 Å². The molecule has 7 heteroatoms. The van der Waals surface area contributed by atoms with Crippen LogP contribution in [0.2, 0.25) is 0 Å². The molecular formula is C22H24N4O3. The Labute approximate surface area is 170 Å². The highest BCUT2D eigenvalue weighted by atomic mass is 16.5. The monoisotopic (exact) mass is 392 g/mol. The van der Waals surface area contributed by atoms with Crippen molar-refractivity contribution in [2.24, 2.45) is 0 Å². The van der Waals surface area contributed by atoms with Crippen LogP contribution in [-0.4, -0.2) is 36.6 Å². The molecule has 0 aliphatic carbocycles. The predicted molar refractivity (Wildman–Crippen MR) is 113 cm³/mol. The van der Waals surface area contributed by atoms with Gasteiger partial charge in [0.05, 0.1) is 32.3 Å². The first kappa shape index (κ1) is 20.1. The number of hydrogen-bond acceptors (Lipinski definition) is 6. The molecule has 0 radical (unpaired) electrons. The number of amides is 1. The third kappa shape index (κ3) is 5.22. The molecule has 3 aromatic rings. The molecule has 7 nitrogen and oxygen atoms in total. The zero-order valence-electron chi connectivity index (χ0n) is 16.7. The van der Waals surface area contributed by atoms with Gasteiger partial charge in [-0.3, -0.25) is 4.79 Å². The second kappa shape index (κ2) is 9.54. The summed E-state index contributed by atoms with van der Waals surface area (Å²) in [5.41, 5.74) is 2.95. The van der Waals surface area contributed by atoms with E-state index < -0.39 is 0 Å². The van der Waals surface area contributed by atoms with Crippen LogP contribution in [0.15, 0.2) is 54.9 Å². The van der Waals surface area contributed by atoms with E-state index in [0.717, 1.165) is 23.3 Å². The highest BCUT2D eigenvalue weighted by Crippen LogP contribution is 2.25. The number of rotatable bonds is 8. The normalized spacial score (nSPS) is 10.3. The third-order valence-corrected chi connectivity index (χ3v) is 4.38. The lowest BCUT2D eigenvalue weighted by Gasteiger charge is -2.11. The molecule has 0 saturated heterocycles. The van der Waals surface area contributed by atoms with Gasteiger partial charge in [-0.1, -0.05) is 24.3 Å². The van der Waals surface area contributed by atoms with E-state index in [9.17, 15) is 4.79 Å². The van der Waals surface area contributed by atoms with Crippen LogP contribution in [0.3, 0.4) is 0 Å². The topological polar surface area (TPSA) is 85.4 Å². The van der Waals surface area contributed by atoms with Gasteiger partial charge in [0.25, 0.3) is 5.91 Å². The van der Waals surface area contributed by atoms with Gasteiger partial charge >= 0.3 is 0 Å². The molecule has 0 saturated carbocycles. The van der Waals surface area contributed by atoms with Gasteiger partial charge in [0.15, 0.2) is 0 Å². The fourth-order valence-corrected chi connectivity index (χ4v) is 2.88. The molecule has 0 fully saturated rings. The fraction of sp³-hybridized carbons (Fsp3) is 0.227. The van der Waals surface area contributed by atoms with Crippen LogP contribution in [0, 0.1) is 6.92 Å². The van der Waals surface area contributed by atoms with Crippen molar-refractivity contribution in [3.63, 3.8) is 0 Å². The Kier molecular flexibility index (Phi) is 6.63. The zero-order valence-corrected chi connectivity index (χ0v) is 16.7. The minimum Gasteiger partial charge on any atom is -0.496 e. The van der Waals surface area contributed by atoms with E-state index in [2.05, 4.69) is 20.6 Å². The number of para-hydroxylation sites is 1. The van der Waals surface area contributed by atoms with Gasteiger partial charge in [-0.2, -0.15) is 0 Å². The molecule has 1 amide bonds. The summed E-state index contributed by atoms with van der Waals surface area (Å²) in [6.07, 6.45) is 3.77. The molecule has 29 heavy (non-hydrogen) atoms. The maximum absolute atomic E-state index is 12.5. The van der Waals surface area contributed by atoms with Crippen molar-refractivity contribution in [3.05, 3.63) is 71.7 Å². The van der Waals surface area contributed by atoms with E-state index in [4.69, 9.17) is 9.47 Å². The number of nitrogens with one attached hydrogen (secondary N) is 2. The Morgan fingerprint density at radius 3 is 2.52 bits per heavy atom. The first-order valence-electron chi connectivity index (χ1n) is 9.24. The molecular weight excluding hydrogens is 368 g/mol. The van der Waals surface area contributed by atoms with Crippen LogP contribution in [0.5, 0.6) is 11.5 Å². The molecule has 1 heterocycles. The smallest absolute Gasteiger partial charge is 0.275 e. The molecule has 0 spiro atoms. The van der Waals surface area contributed by atoms with E-state index >= 15 is 0 Å². The number of carbonyl (C=O) groups excluding carboxylic acids is 1. The molecule has 1 aromatic heterocycles. The van der Waals surface area contributed by atoms with Gasteiger partial charge in [-0.25, -0.2) is 9.97 Å². The van der Waals surface area contributed by atoms with E-state index in [0.29, 0.717) is 23.8 Å². The summed E-state index contributed by atoms with van der Waals surface area (Å²) in [5, 5.41) is 6.02. The lowest BCUT2D eigenvalue weighted by Crippen LogP contribution is -2.15. The van der Waals surface area contributed by atoms with Crippen molar-refractivity contribution < 1.29 is 14.3 Å². The predicted octanol–water partition coefficient (Wildman–Crippen LogP) is 3.71. The van der Waals surface area contributed by atoms with Crippen LogP contribution in [0.4, 0.5) is 11.5 Å². The molecule has 0 aliphatic rings. The Hall–Kier alpha value is -3.61. The summed E-state index contributed by atoms with van der Waals surface area (Å²) in [4.78, 5) is 21.0. The number of hydrogen-bond donors (Lipinski definition) is 2. The van der Waals surface area contributed by atoms with Gasteiger partial charge in [-0.15, -0.1) is 0 Å². The molecule has 2 N–H and O–H groups in total. The zero-order chi connectivity index (χ0) is 20.6. The average molecular weight is 392 g/mol. The van der Waals surface area contributed by atoms with Gasteiger partial charge in [0.1, 0.15) is 23.0 Å². The number of aromatic nitrogens is 2. The van der Waals surface area contributed by atoms with E-state index in [1.807, 2.05) is 49.4 Å². The minimum absolute atomic E-state index is 0.226. The quantitative estimate of drug-likeness (QED) is 0.608. The number of benzene rings is 2. The molecule has 0 unspecified atom stereocenters. The summed E-state index contributed by atoms with van der Waals surface area (Å²) in [6, 6.07) is 13.5. The summed E-state index contributed by atoms with van der Waals surface area (Å²) in [7, 11) is 3.22. The summed E-state index contributed by atoms with van der Waals surface area (Å²) < 4.78 is 10.6. The molecule has 2 aromatic carbocycles. The van der Waals surface area contributed by atoms with E-state index in [1.54, 1.807) is 20.4 Å². The minimum atomic E-state index is -0.345. The van der Waals surface area contributed by atoms with Crippen LogP contribution in [0.1, 0.15) is 21.6 Å². The van der Waals surface area contributed by atoms with Gasteiger partial charge < -0.3 is 20.1 Å². The van der Waals surface area contributed by atoms with Crippen molar-refractivity contribution in [2.75, 3.05) is 31.4 Å². The van der Waals surface area contributed by atoms with E-state index in [1.165, 1.54) is 6.20 Å². The van der Waals surface area contributed by atoms with Crippen LogP contribution in [0.25, 0.3) is 0 Å². The summed E-state index contributed by atoms with van der Waals surface area (Å²) in [5.74, 6) is 1.71. The lowest BCUT2D eigenvalue weighted by molar-refractivity contribution is 0.102. The standard InChI is InChI=1S/C22H24N4O3/c1-15-8-9-20(29-3)17(12-15)26-22(27)18-13-25-21(14-24-18)23-11-10-16-6-4-5-7-19(16)28-2/h4-9,12-14H,10-11H2,1-3H3,(H,23,25)(H,26,27). The Balaban J connectivity index is 1.58. The van der Waals surface area contributed by atoms with Gasteiger partial charge in [-0.05, 0) is 42.7 Å². The number of nitrogens with zero attached hydrogens (tertiary/aromatic N) is 2. The van der Waals surface area contributed by atoms with Crippen LogP contribution >= 0.6 is 0 Å². The SMILES string of the molecule is COc1ccccc1CCNc1cnc(C(=O)Nc2cc(C)ccc2OC)cn1. The Bertz CT molecular complexity index is 974. The van der Waals surface area contributed by atoms with Crippen molar-refractivity contribution >= 4 is 17.4 Å². The molecule has 0 aliphatic heterocycles. The average Bonchev–Trinajstić information content (AvgIpc) is 2.74. The first-order valence-corrected chi connectivity index (χ1v) is 9.24. The Morgan fingerprint density at radius 1 is 1.00 bits per heavy atom. The Morgan fingerprint density at radius 2 is 1.79 bits per heavy atom. The van der Waals surface area contributed by atoms with Crippen molar-refractivity contribution in [2.45, 2.75) is 13.3 Å². The molecule has 150 valence electrons. The second-order valence-corrected chi connectivity index (χ2v) is 6.43. The number of methoxy groups -OCH3 is 2. The highest BCUT2D eigenvalue weighted by Gasteiger charge is 2.12. The number of carbonyl (C=O) groups is 1. The van der Waals surface area contributed by atoms with E-state index in [-0.39, 0.29) is 11.6 Å². The van der Waals surface area contributed by atoms with Crippen LogP contribution < -0.4 is 20.1 Å². The highest BCUT2D eigenvalue weighted by molar-refractivity contribution is 6.03. The molecule has 0 bridgehead atoms.